The van der Waals surface area contributed by atoms with E-state index < -0.39 is 10.0 Å². The van der Waals surface area contributed by atoms with Crippen LogP contribution in [0, 0.1) is 11.3 Å². The van der Waals surface area contributed by atoms with Gasteiger partial charge in [-0.15, -0.1) is 0 Å². The van der Waals surface area contributed by atoms with E-state index in [-0.39, 0.29) is 17.2 Å². The van der Waals surface area contributed by atoms with Crippen LogP contribution in [0.1, 0.15) is 16.8 Å². The molecule has 0 aromatic carbocycles. The van der Waals surface area contributed by atoms with E-state index in [4.69, 9.17) is 4.74 Å². The number of ether oxygens (including phenoxy) is 1. The average Bonchev–Trinajstić information content (AvgIpc) is 3.09. The molecule has 3 heterocycles. The summed E-state index contributed by atoms with van der Waals surface area (Å²) in [5.74, 6) is 0.0356. The van der Waals surface area contributed by atoms with Crippen molar-refractivity contribution in [3.63, 3.8) is 0 Å². The largest absolute Gasteiger partial charge is 0.384 e. The van der Waals surface area contributed by atoms with Crippen molar-refractivity contribution in [2.45, 2.75) is 6.42 Å². The first-order valence-corrected chi connectivity index (χ1v) is 9.82. The van der Waals surface area contributed by atoms with E-state index >= 15 is 0 Å². The van der Waals surface area contributed by atoms with Gasteiger partial charge in [-0.05, 0) is 12.3 Å². The van der Waals surface area contributed by atoms with Gasteiger partial charge in [-0.25, -0.2) is 12.7 Å². The first-order valence-electron chi connectivity index (χ1n) is 7.97. The molecule has 2 atom stereocenters. The fourth-order valence-electron chi connectivity index (χ4n) is 3.91. The van der Waals surface area contributed by atoms with Crippen molar-refractivity contribution in [1.29, 1.82) is 0 Å². The van der Waals surface area contributed by atoms with E-state index in [1.807, 2.05) is 0 Å². The molecule has 0 unspecified atom stereocenters. The van der Waals surface area contributed by atoms with E-state index in [9.17, 15) is 13.2 Å². The number of aryl methyl sites for hydroxylation is 1. The summed E-state index contributed by atoms with van der Waals surface area (Å²) in [4.78, 5) is 14.5. The van der Waals surface area contributed by atoms with Crippen LogP contribution in [0.15, 0.2) is 12.4 Å². The third-order valence-corrected chi connectivity index (χ3v) is 6.46. The van der Waals surface area contributed by atoms with Crippen LogP contribution in [0.3, 0.4) is 0 Å². The predicted molar refractivity (Wildman–Crippen MR) is 87.9 cm³/mol. The molecule has 8 nitrogen and oxygen atoms in total. The van der Waals surface area contributed by atoms with Crippen molar-refractivity contribution in [1.82, 2.24) is 19.0 Å². The minimum absolute atomic E-state index is 0.0491. The summed E-state index contributed by atoms with van der Waals surface area (Å²) in [5.41, 5.74) is 0.360. The molecular formula is C15H24N4O4S. The fourth-order valence-corrected chi connectivity index (χ4v) is 4.85. The Kier molecular flexibility index (Phi) is 4.43. The van der Waals surface area contributed by atoms with Gasteiger partial charge < -0.3 is 9.64 Å². The third-order valence-electron chi connectivity index (χ3n) is 5.24. The highest BCUT2D eigenvalue weighted by molar-refractivity contribution is 7.88. The lowest BCUT2D eigenvalue weighted by Crippen LogP contribution is -2.50. The number of hydrogen-bond acceptors (Lipinski definition) is 5. The van der Waals surface area contributed by atoms with Crippen molar-refractivity contribution < 1.29 is 17.9 Å². The van der Waals surface area contributed by atoms with Crippen molar-refractivity contribution in [3.05, 3.63) is 18.0 Å². The topological polar surface area (TPSA) is 84.7 Å². The number of aromatic nitrogens is 2. The van der Waals surface area contributed by atoms with Crippen LogP contribution in [0.5, 0.6) is 0 Å². The predicted octanol–water partition coefficient (Wildman–Crippen LogP) is -0.210. The highest BCUT2D eigenvalue weighted by atomic mass is 32.2. The summed E-state index contributed by atoms with van der Waals surface area (Å²) in [7, 11) is 0.174. The maximum absolute atomic E-state index is 12.7. The van der Waals surface area contributed by atoms with E-state index in [0.717, 1.165) is 6.42 Å². The molecule has 2 fully saturated rings. The van der Waals surface area contributed by atoms with E-state index in [2.05, 4.69) is 5.10 Å². The number of sulfonamides is 1. The Hall–Kier alpha value is -1.45. The minimum Gasteiger partial charge on any atom is -0.384 e. The standard InChI is InChI=1S/C15H24N4O4S/c1-17-7-12(6-16-17)14(20)18-5-4-15(11-23-2)10-19(24(3,21)22)9-13(15)8-18/h6-7,13H,4-5,8-11H2,1-3H3/t13-,15+/m1/s1. The number of piperidine rings is 1. The number of hydrogen-bond donors (Lipinski definition) is 0. The first kappa shape index (κ1) is 17.4. The Morgan fingerprint density at radius 2 is 2.21 bits per heavy atom. The van der Waals surface area contributed by atoms with Crippen molar-refractivity contribution >= 4 is 15.9 Å². The molecule has 134 valence electrons. The van der Waals surface area contributed by atoms with E-state index in [0.29, 0.717) is 38.3 Å². The molecule has 1 aromatic rings. The van der Waals surface area contributed by atoms with Crippen LogP contribution in [-0.4, -0.2) is 79.5 Å². The van der Waals surface area contributed by atoms with Crippen LogP contribution >= 0.6 is 0 Å². The van der Waals surface area contributed by atoms with E-state index in [1.165, 1.54) is 10.6 Å². The fraction of sp³-hybridized carbons (Fsp3) is 0.733. The van der Waals surface area contributed by atoms with Gasteiger partial charge >= 0.3 is 0 Å². The van der Waals surface area contributed by atoms with Gasteiger partial charge in [0.1, 0.15) is 0 Å². The minimum atomic E-state index is -3.24. The number of nitrogens with zero attached hydrogens (tertiary/aromatic N) is 4. The Morgan fingerprint density at radius 3 is 2.79 bits per heavy atom. The smallest absolute Gasteiger partial charge is 0.257 e. The Morgan fingerprint density at radius 1 is 1.46 bits per heavy atom. The molecule has 3 rings (SSSR count). The van der Waals surface area contributed by atoms with Gasteiger partial charge in [-0.3, -0.25) is 9.48 Å². The summed E-state index contributed by atoms with van der Waals surface area (Å²) in [6, 6.07) is 0. The SMILES string of the molecule is COC[C@@]12CCN(C(=O)c3cnn(C)c3)C[C@@H]1CN(S(C)(=O)=O)C2. The molecule has 0 saturated carbocycles. The van der Waals surface area contributed by atoms with Crippen LogP contribution < -0.4 is 0 Å². The summed E-state index contributed by atoms with van der Waals surface area (Å²) < 4.78 is 32.4. The van der Waals surface area contributed by atoms with Gasteiger partial charge in [0.25, 0.3) is 5.91 Å². The molecule has 2 saturated heterocycles. The van der Waals surface area contributed by atoms with Gasteiger partial charge in [0.05, 0.1) is 24.6 Å². The molecule has 0 N–H and O–H groups in total. The summed E-state index contributed by atoms with van der Waals surface area (Å²) in [6.07, 6.45) is 5.25. The van der Waals surface area contributed by atoms with Crippen molar-refractivity contribution in [3.8, 4) is 0 Å². The molecule has 0 aliphatic carbocycles. The summed E-state index contributed by atoms with van der Waals surface area (Å²) in [5, 5.41) is 4.05. The number of rotatable bonds is 4. The maximum Gasteiger partial charge on any atom is 0.257 e. The number of fused-ring (bicyclic) bond motifs is 1. The molecule has 0 radical (unpaired) electrons. The summed E-state index contributed by atoms with van der Waals surface area (Å²) >= 11 is 0. The Bertz CT molecular complexity index is 732. The molecule has 1 amide bonds. The number of carbonyl (C=O) groups excluding carboxylic acids is 1. The van der Waals surface area contributed by atoms with Crippen molar-refractivity contribution in [2.75, 3.05) is 46.2 Å². The second-order valence-electron chi connectivity index (χ2n) is 6.95. The lowest BCUT2D eigenvalue weighted by Gasteiger charge is -2.43. The highest BCUT2D eigenvalue weighted by Crippen LogP contribution is 2.44. The number of methoxy groups -OCH3 is 1. The first-order chi connectivity index (χ1) is 11.2. The number of carbonyl (C=O) groups is 1. The zero-order valence-corrected chi connectivity index (χ0v) is 15.1. The molecule has 1 aromatic heterocycles. The number of amides is 1. The maximum atomic E-state index is 12.7. The monoisotopic (exact) mass is 356 g/mol. The van der Waals surface area contributed by atoms with Gasteiger partial charge in [-0.1, -0.05) is 0 Å². The normalized spacial score (nSPS) is 28.1. The quantitative estimate of drug-likeness (QED) is 0.745. The van der Waals surface area contributed by atoms with Crippen LogP contribution in [0.2, 0.25) is 0 Å². The van der Waals surface area contributed by atoms with Gasteiger partial charge in [0.2, 0.25) is 10.0 Å². The molecule has 9 heteroatoms. The Labute approximate surface area is 142 Å². The number of likely N-dealkylation sites (tertiary alicyclic amines) is 1. The molecule has 0 spiro atoms. The van der Waals surface area contributed by atoms with Gasteiger partial charge in [-0.2, -0.15) is 5.10 Å². The molecule has 2 aliphatic heterocycles. The molecular weight excluding hydrogens is 332 g/mol. The summed E-state index contributed by atoms with van der Waals surface area (Å²) in [6.45, 7) is 2.57. The molecule has 0 bridgehead atoms. The zero-order valence-electron chi connectivity index (χ0n) is 14.3. The van der Waals surface area contributed by atoms with E-state index in [1.54, 1.807) is 36.1 Å². The lowest BCUT2D eigenvalue weighted by molar-refractivity contribution is 0.00342. The molecule has 24 heavy (non-hydrogen) atoms. The van der Waals surface area contributed by atoms with Crippen molar-refractivity contribution in [2.24, 2.45) is 18.4 Å². The molecule has 2 aliphatic rings. The second kappa shape index (κ2) is 6.12. The lowest BCUT2D eigenvalue weighted by atomic mass is 9.73. The highest BCUT2D eigenvalue weighted by Gasteiger charge is 2.52. The average molecular weight is 356 g/mol. The van der Waals surface area contributed by atoms with Crippen LogP contribution in [0.25, 0.3) is 0 Å². The zero-order chi connectivity index (χ0) is 17.5. The Balaban J connectivity index is 1.79. The van der Waals surface area contributed by atoms with Gasteiger partial charge in [0, 0.05) is 51.9 Å². The second-order valence-corrected chi connectivity index (χ2v) is 8.93. The third kappa shape index (κ3) is 3.07. The van der Waals surface area contributed by atoms with Crippen LogP contribution in [0.4, 0.5) is 0 Å². The van der Waals surface area contributed by atoms with Crippen LogP contribution in [-0.2, 0) is 21.8 Å². The van der Waals surface area contributed by atoms with Gasteiger partial charge in [0.15, 0.2) is 0 Å².